The van der Waals surface area contributed by atoms with Crippen LogP contribution in [0.1, 0.15) is 146 Å². The zero-order valence-electron chi connectivity index (χ0n) is 25.6. The minimum absolute atomic E-state index is 0.00340. The maximum Gasteiger partial charge on any atom is 0.196 e. The Morgan fingerprint density at radius 1 is 0.718 bits per heavy atom. The first-order valence-corrected chi connectivity index (χ1v) is 16.1. The van der Waals surface area contributed by atoms with Crippen LogP contribution in [-0.2, 0) is 0 Å². The number of carbonyl (C=O) groups is 1. The summed E-state index contributed by atoms with van der Waals surface area (Å²) < 4.78 is 6.68. The zero-order chi connectivity index (χ0) is 28.2. The smallest absolute Gasteiger partial charge is 0.196 e. The first-order chi connectivity index (χ1) is 19.0. The van der Waals surface area contributed by atoms with Crippen molar-refractivity contribution in [1.82, 2.24) is 5.32 Å². The van der Waals surface area contributed by atoms with Crippen molar-refractivity contribution < 1.29 is 9.53 Å². The molecule has 0 radical (unpaired) electrons. The molecule has 2 rings (SSSR count). The van der Waals surface area contributed by atoms with E-state index in [2.05, 4.69) is 33.0 Å². The number of carbonyl (C=O) groups excluding carboxylic acids is 1. The molecule has 0 heterocycles. The van der Waals surface area contributed by atoms with Gasteiger partial charge in [0.05, 0.1) is 5.56 Å². The number of nitrogens with one attached hydrogen (secondary N) is 1. The molecule has 2 atom stereocenters. The summed E-state index contributed by atoms with van der Waals surface area (Å²) in [5.41, 5.74) is 0.781. The van der Waals surface area contributed by atoms with Gasteiger partial charge in [-0.15, -0.1) is 0 Å². The highest BCUT2D eigenvalue weighted by molar-refractivity contribution is 6.10. The number of unbranched alkanes of at least 4 members (excludes halogenated alkanes) is 13. The van der Waals surface area contributed by atoms with Crippen molar-refractivity contribution in [2.75, 3.05) is 6.54 Å². The second-order valence-electron chi connectivity index (χ2n) is 11.6. The van der Waals surface area contributed by atoms with Crippen LogP contribution in [0.4, 0.5) is 0 Å². The van der Waals surface area contributed by atoms with Crippen molar-refractivity contribution in [3.63, 3.8) is 0 Å². The lowest BCUT2D eigenvalue weighted by molar-refractivity contribution is -0.00484. The Labute approximate surface area is 240 Å². The highest BCUT2D eigenvalue weighted by atomic mass is 16.5. The van der Waals surface area contributed by atoms with Crippen LogP contribution in [0.25, 0.3) is 0 Å². The monoisotopic (exact) mass is 535 g/mol. The SMILES string of the molecule is CCCCCCCCCCCCCCCCC(C)C(C)(NCCC)Oc1ccccc1C(=O)c1ccccc1. The summed E-state index contributed by atoms with van der Waals surface area (Å²) in [6.07, 6.45) is 21.4. The largest absolute Gasteiger partial charge is 0.472 e. The third-order valence-corrected chi connectivity index (χ3v) is 8.15. The molecule has 218 valence electrons. The Balaban J connectivity index is 1.77. The average Bonchev–Trinajstić information content (AvgIpc) is 2.96. The minimum Gasteiger partial charge on any atom is -0.472 e. The lowest BCUT2D eigenvalue weighted by Crippen LogP contribution is -2.53. The van der Waals surface area contributed by atoms with E-state index in [0.29, 0.717) is 22.8 Å². The van der Waals surface area contributed by atoms with Gasteiger partial charge in [-0.25, -0.2) is 0 Å². The van der Waals surface area contributed by atoms with E-state index in [1.807, 2.05) is 54.6 Å². The second-order valence-corrected chi connectivity index (χ2v) is 11.6. The van der Waals surface area contributed by atoms with Gasteiger partial charge in [0.1, 0.15) is 5.75 Å². The molecule has 2 aromatic carbocycles. The summed E-state index contributed by atoms with van der Waals surface area (Å²) in [5.74, 6) is 0.982. The Hall–Kier alpha value is -2.13. The molecule has 1 N–H and O–H groups in total. The van der Waals surface area contributed by atoms with Crippen LogP contribution in [0.2, 0.25) is 0 Å². The zero-order valence-corrected chi connectivity index (χ0v) is 25.6. The van der Waals surface area contributed by atoms with Gasteiger partial charge in [0.15, 0.2) is 11.5 Å². The van der Waals surface area contributed by atoms with Gasteiger partial charge in [-0.1, -0.05) is 153 Å². The fraction of sp³-hybridized carbons (Fsp3) is 0.639. The van der Waals surface area contributed by atoms with Crippen LogP contribution in [0.15, 0.2) is 54.6 Å². The molecular formula is C36H57NO2. The number of rotatable bonds is 23. The summed E-state index contributed by atoms with van der Waals surface area (Å²) >= 11 is 0. The molecule has 0 aliphatic heterocycles. The maximum absolute atomic E-state index is 13.3. The quantitative estimate of drug-likeness (QED) is 0.0873. The molecule has 39 heavy (non-hydrogen) atoms. The summed E-state index contributed by atoms with van der Waals surface area (Å²) in [6.45, 7) is 9.79. The second kappa shape index (κ2) is 19.9. The third kappa shape index (κ3) is 12.7. The van der Waals surface area contributed by atoms with E-state index in [0.717, 1.165) is 19.4 Å². The van der Waals surface area contributed by atoms with Gasteiger partial charge in [-0.3, -0.25) is 10.1 Å². The predicted molar refractivity (Wildman–Crippen MR) is 168 cm³/mol. The summed E-state index contributed by atoms with van der Waals surface area (Å²) in [6, 6.07) is 17.2. The summed E-state index contributed by atoms with van der Waals surface area (Å²) in [5, 5.41) is 3.67. The van der Waals surface area contributed by atoms with Gasteiger partial charge < -0.3 is 4.74 Å². The Bertz CT molecular complexity index is 896. The molecule has 2 unspecified atom stereocenters. The molecule has 0 amide bonds. The lowest BCUT2D eigenvalue weighted by Gasteiger charge is -2.38. The number of hydrogen-bond donors (Lipinski definition) is 1. The molecule has 0 bridgehead atoms. The normalized spacial score (nSPS) is 13.6. The van der Waals surface area contributed by atoms with Crippen LogP contribution < -0.4 is 10.1 Å². The van der Waals surface area contributed by atoms with E-state index in [9.17, 15) is 4.79 Å². The molecule has 0 aromatic heterocycles. The van der Waals surface area contributed by atoms with Crippen LogP contribution >= 0.6 is 0 Å². The van der Waals surface area contributed by atoms with Crippen LogP contribution in [0.5, 0.6) is 5.75 Å². The molecule has 0 saturated heterocycles. The van der Waals surface area contributed by atoms with Crippen LogP contribution in [0.3, 0.4) is 0 Å². The van der Waals surface area contributed by atoms with E-state index < -0.39 is 5.72 Å². The van der Waals surface area contributed by atoms with Crippen LogP contribution in [0, 0.1) is 5.92 Å². The lowest BCUT2D eigenvalue weighted by atomic mass is 9.91. The summed E-state index contributed by atoms with van der Waals surface area (Å²) in [7, 11) is 0. The molecule has 0 spiro atoms. The molecule has 3 nitrogen and oxygen atoms in total. The van der Waals surface area contributed by atoms with Crippen molar-refractivity contribution in [2.24, 2.45) is 5.92 Å². The van der Waals surface area contributed by atoms with E-state index >= 15 is 0 Å². The number of ketones is 1. The van der Waals surface area contributed by atoms with Crippen molar-refractivity contribution in [2.45, 2.75) is 136 Å². The van der Waals surface area contributed by atoms with Gasteiger partial charge in [0, 0.05) is 11.5 Å². The Kier molecular flexibility index (Phi) is 16.8. The Morgan fingerprint density at radius 2 is 1.23 bits per heavy atom. The van der Waals surface area contributed by atoms with Crippen molar-refractivity contribution in [1.29, 1.82) is 0 Å². The van der Waals surface area contributed by atoms with Gasteiger partial charge in [-0.05, 0) is 38.4 Å². The fourth-order valence-corrected chi connectivity index (χ4v) is 5.32. The number of benzene rings is 2. The number of ether oxygens (including phenoxy) is 1. The number of para-hydroxylation sites is 1. The molecule has 0 aliphatic rings. The molecule has 2 aromatic rings. The summed E-state index contributed by atoms with van der Waals surface area (Å²) in [4.78, 5) is 13.3. The van der Waals surface area contributed by atoms with E-state index in [-0.39, 0.29) is 5.78 Å². The van der Waals surface area contributed by atoms with Gasteiger partial charge in [0.25, 0.3) is 0 Å². The Morgan fingerprint density at radius 3 is 1.79 bits per heavy atom. The van der Waals surface area contributed by atoms with E-state index in [4.69, 9.17) is 4.74 Å². The molecule has 0 saturated carbocycles. The van der Waals surface area contributed by atoms with E-state index in [1.54, 1.807) is 0 Å². The first kappa shape index (κ1) is 33.1. The minimum atomic E-state index is -0.528. The van der Waals surface area contributed by atoms with Crippen LogP contribution in [-0.4, -0.2) is 18.1 Å². The van der Waals surface area contributed by atoms with Gasteiger partial charge in [-0.2, -0.15) is 0 Å². The predicted octanol–water partition coefficient (Wildman–Crippen LogP) is 10.5. The van der Waals surface area contributed by atoms with Crippen molar-refractivity contribution >= 4 is 5.78 Å². The highest BCUT2D eigenvalue weighted by Crippen LogP contribution is 2.30. The number of hydrogen-bond acceptors (Lipinski definition) is 3. The average molecular weight is 536 g/mol. The third-order valence-electron chi connectivity index (χ3n) is 8.15. The van der Waals surface area contributed by atoms with Gasteiger partial charge in [0.2, 0.25) is 0 Å². The maximum atomic E-state index is 13.3. The first-order valence-electron chi connectivity index (χ1n) is 16.1. The van der Waals surface area contributed by atoms with Gasteiger partial charge >= 0.3 is 0 Å². The van der Waals surface area contributed by atoms with Crippen molar-refractivity contribution in [3.8, 4) is 5.75 Å². The van der Waals surface area contributed by atoms with E-state index in [1.165, 1.54) is 89.9 Å². The molecular weight excluding hydrogens is 478 g/mol. The fourth-order valence-electron chi connectivity index (χ4n) is 5.32. The highest BCUT2D eigenvalue weighted by Gasteiger charge is 2.33. The topological polar surface area (TPSA) is 38.3 Å². The van der Waals surface area contributed by atoms with Crippen molar-refractivity contribution in [3.05, 3.63) is 65.7 Å². The molecule has 3 heteroatoms. The standard InChI is InChI=1S/C36H57NO2/c1-5-7-8-9-10-11-12-13-14-15-16-17-18-20-25-31(3)36(4,37-30-6-2)39-34-29-24-23-28-33(34)35(38)32-26-21-19-22-27-32/h19,21-24,26-29,31,37H,5-18,20,25,30H2,1-4H3. The molecule has 0 aliphatic carbocycles. The molecule has 0 fully saturated rings.